The van der Waals surface area contributed by atoms with E-state index in [1.807, 2.05) is 25.1 Å². The van der Waals surface area contributed by atoms with Crippen LogP contribution in [-0.4, -0.2) is 31.9 Å². The maximum atomic E-state index is 12.3. The molecule has 100 valence electrons. The zero-order valence-corrected chi connectivity index (χ0v) is 11.6. The van der Waals surface area contributed by atoms with Gasteiger partial charge in [-0.2, -0.15) is 0 Å². The van der Waals surface area contributed by atoms with Crippen LogP contribution in [0.15, 0.2) is 18.2 Å². The van der Waals surface area contributed by atoms with Crippen LogP contribution in [0, 0.1) is 6.92 Å². The minimum absolute atomic E-state index is 0.347. The monoisotopic (exact) mass is 269 g/mol. The van der Waals surface area contributed by atoms with Gasteiger partial charge < -0.3 is 5.11 Å². The summed E-state index contributed by atoms with van der Waals surface area (Å²) in [6.45, 7) is 3.70. The standard InChI is InChI=1S/C13H19NO3S/c1-10-5-6-13-12(8-10)4-3-7-14(13)18(16,17)11(2)9-15/h5-6,8,11,15H,3-4,7,9H2,1-2H3. The van der Waals surface area contributed by atoms with E-state index in [9.17, 15) is 8.42 Å². The summed E-state index contributed by atoms with van der Waals surface area (Å²) in [6, 6.07) is 5.84. The van der Waals surface area contributed by atoms with Gasteiger partial charge in [0.15, 0.2) is 0 Å². The van der Waals surface area contributed by atoms with Gasteiger partial charge >= 0.3 is 0 Å². The van der Waals surface area contributed by atoms with Crippen molar-refractivity contribution in [3.8, 4) is 0 Å². The van der Waals surface area contributed by atoms with Crippen LogP contribution >= 0.6 is 0 Å². The Bertz CT molecular complexity index is 539. The third-order valence-electron chi connectivity index (χ3n) is 3.38. The average molecular weight is 269 g/mol. The highest BCUT2D eigenvalue weighted by Crippen LogP contribution is 2.31. The Labute approximate surface area is 108 Å². The first kappa shape index (κ1) is 13.4. The van der Waals surface area contributed by atoms with E-state index in [0.717, 1.165) is 29.7 Å². The molecule has 5 heteroatoms. The second-order valence-corrected chi connectivity index (χ2v) is 7.12. The number of nitrogens with zero attached hydrogens (tertiary/aromatic N) is 1. The molecule has 1 aromatic carbocycles. The van der Waals surface area contributed by atoms with Crippen molar-refractivity contribution in [1.82, 2.24) is 0 Å². The molecule has 1 aliphatic rings. The molecule has 1 aromatic rings. The van der Waals surface area contributed by atoms with Crippen LogP contribution in [0.3, 0.4) is 0 Å². The molecule has 18 heavy (non-hydrogen) atoms. The molecule has 0 radical (unpaired) electrons. The maximum Gasteiger partial charge on any atom is 0.240 e. The van der Waals surface area contributed by atoms with Crippen molar-refractivity contribution < 1.29 is 13.5 Å². The van der Waals surface area contributed by atoms with Gasteiger partial charge in [-0.1, -0.05) is 17.7 Å². The van der Waals surface area contributed by atoms with Gasteiger partial charge in [-0.05, 0) is 38.3 Å². The first-order chi connectivity index (χ1) is 8.46. The first-order valence-corrected chi connectivity index (χ1v) is 7.69. The highest BCUT2D eigenvalue weighted by atomic mass is 32.2. The van der Waals surface area contributed by atoms with E-state index < -0.39 is 15.3 Å². The lowest BCUT2D eigenvalue weighted by Crippen LogP contribution is -2.42. The summed E-state index contributed by atoms with van der Waals surface area (Å²) in [6.07, 6.45) is 1.74. The molecule has 0 amide bonds. The molecule has 0 spiro atoms. The molecule has 0 aliphatic carbocycles. The van der Waals surface area contributed by atoms with Crippen molar-refractivity contribution >= 4 is 15.7 Å². The summed E-state index contributed by atoms with van der Waals surface area (Å²) < 4.78 is 26.1. The van der Waals surface area contributed by atoms with Gasteiger partial charge in [-0.25, -0.2) is 8.42 Å². The Morgan fingerprint density at radius 1 is 1.44 bits per heavy atom. The zero-order valence-electron chi connectivity index (χ0n) is 10.8. The number of fused-ring (bicyclic) bond motifs is 1. The smallest absolute Gasteiger partial charge is 0.240 e. The van der Waals surface area contributed by atoms with Gasteiger partial charge in [-0.3, -0.25) is 4.31 Å². The van der Waals surface area contributed by atoms with Gasteiger partial charge in [0.25, 0.3) is 0 Å². The number of rotatable bonds is 3. The van der Waals surface area contributed by atoms with E-state index in [-0.39, 0.29) is 6.61 Å². The van der Waals surface area contributed by atoms with Gasteiger partial charge in [0.2, 0.25) is 10.0 Å². The fraction of sp³-hybridized carbons (Fsp3) is 0.538. The van der Waals surface area contributed by atoms with Crippen molar-refractivity contribution in [3.05, 3.63) is 29.3 Å². The van der Waals surface area contributed by atoms with Crippen molar-refractivity contribution in [1.29, 1.82) is 0 Å². The molecule has 1 heterocycles. The van der Waals surface area contributed by atoms with Crippen LogP contribution in [0.2, 0.25) is 0 Å². The third-order valence-corrected chi connectivity index (χ3v) is 5.54. The highest BCUT2D eigenvalue weighted by molar-refractivity contribution is 7.93. The Morgan fingerprint density at radius 3 is 2.83 bits per heavy atom. The van der Waals surface area contributed by atoms with E-state index in [1.54, 1.807) is 0 Å². The van der Waals surface area contributed by atoms with E-state index in [0.29, 0.717) is 6.54 Å². The molecule has 0 aromatic heterocycles. The summed E-state index contributed by atoms with van der Waals surface area (Å²) in [5, 5.41) is 8.33. The summed E-state index contributed by atoms with van der Waals surface area (Å²) in [5.41, 5.74) is 2.99. The maximum absolute atomic E-state index is 12.3. The van der Waals surface area contributed by atoms with Crippen molar-refractivity contribution in [2.45, 2.75) is 31.9 Å². The topological polar surface area (TPSA) is 57.6 Å². The Balaban J connectivity index is 2.45. The number of aliphatic hydroxyl groups excluding tert-OH is 1. The van der Waals surface area contributed by atoms with Crippen LogP contribution in [0.4, 0.5) is 5.69 Å². The normalized spacial score (nSPS) is 17.4. The molecular formula is C13H19NO3S. The average Bonchev–Trinajstić information content (AvgIpc) is 2.36. The van der Waals surface area contributed by atoms with Gasteiger partial charge in [0.05, 0.1) is 12.3 Å². The molecule has 1 unspecified atom stereocenters. The molecule has 1 N–H and O–H groups in total. The highest BCUT2D eigenvalue weighted by Gasteiger charge is 2.31. The number of aryl methyl sites for hydroxylation is 2. The second-order valence-electron chi connectivity index (χ2n) is 4.85. The number of aliphatic hydroxyl groups is 1. The molecule has 2 rings (SSSR count). The molecule has 0 bridgehead atoms. The van der Waals surface area contributed by atoms with Crippen LogP contribution in [-0.2, 0) is 16.4 Å². The van der Waals surface area contributed by atoms with Crippen LogP contribution in [0.25, 0.3) is 0 Å². The summed E-state index contributed by atoms with van der Waals surface area (Å²) >= 11 is 0. The molecule has 0 saturated carbocycles. The second kappa shape index (κ2) is 4.90. The third kappa shape index (κ3) is 2.24. The minimum atomic E-state index is -3.46. The number of sulfonamides is 1. The number of benzene rings is 1. The van der Waals surface area contributed by atoms with Gasteiger partial charge in [-0.15, -0.1) is 0 Å². The molecule has 0 saturated heterocycles. The summed E-state index contributed by atoms with van der Waals surface area (Å²) in [7, 11) is -3.46. The fourth-order valence-electron chi connectivity index (χ4n) is 2.27. The van der Waals surface area contributed by atoms with E-state index >= 15 is 0 Å². The lowest BCUT2D eigenvalue weighted by atomic mass is 10.0. The number of anilines is 1. The molecule has 1 atom stereocenters. The molecule has 1 aliphatic heterocycles. The lowest BCUT2D eigenvalue weighted by Gasteiger charge is -2.32. The van der Waals surface area contributed by atoms with Crippen molar-refractivity contribution in [3.63, 3.8) is 0 Å². The quantitative estimate of drug-likeness (QED) is 0.903. The van der Waals surface area contributed by atoms with Crippen LogP contribution in [0.5, 0.6) is 0 Å². The van der Waals surface area contributed by atoms with Gasteiger partial charge in [0.1, 0.15) is 5.25 Å². The Morgan fingerprint density at radius 2 is 2.17 bits per heavy atom. The van der Waals surface area contributed by atoms with Crippen LogP contribution in [0.1, 0.15) is 24.5 Å². The van der Waals surface area contributed by atoms with Crippen molar-refractivity contribution in [2.75, 3.05) is 17.5 Å². The number of hydrogen-bond donors (Lipinski definition) is 1. The Kier molecular flexibility index (Phi) is 3.64. The van der Waals surface area contributed by atoms with Crippen LogP contribution < -0.4 is 4.31 Å². The minimum Gasteiger partial charge on any atom is -0.395 e. The van der Waals surface area contributed by atoms with E-state index in [2.05, 4.69) is 0 Å². The van der Waals surface area contributed by atoms with Gasteiger partial charge in [0, 0.05) is 6.54 Å². The number of hydrogen-bond acceptors (Lipinski definition) is 3. The molecular weight excluding hydrogens is 250 g/mol. The predicted octanol–water partition coefficient (Wildman–Crippen LogP) is 1.46. The summed E-state index contributed by atoms with van der Waals surface area (Å²) in [5.74, 6) is 0. The largest absolute Gasteiger partial charge is 0.395 e. The van der Waals surface area contributed by atoms with E-state index in [4.69, 9.17) is 5.11 Å². The lowest BCUT2D eigenvalue weighted by molar-refractivity contribution is 0.295. The SMILES string of the molecule is Cc1ccc2c(c1)CCCN2S(=O)(=O)C(C)CO. The van der Waals surface area contributed by atoms with Crippen molar-refractivity contribution in [2.24, 2.45) is 0 Å². The molecule has 0 fully saturated rings. The Hall–Kier alpha value is -1.07. The fourth-order valence-corrected chi connectivity index (χ4v) is 3.73. The zero-order chi connectivity index (χ0) is 13.3. The first-order valence-electron chi connectivity index (χ1n) is 6.18. The predicted molar refractivity (Wildman–Crippen MR) is 72.3 cm³/mol. The van der Waals surface area contributed by atoms with E-state index in [1.165, 1.54) is 11.2 Å². The summed E-state index contributed by atoms with van der Waals surface area (Å²) in [4.78, 5) is 0. The molecule has 4 nitrogen and oxygen atoms in total.